The number of aryl methyl sites for hydroxylation is 1. The van der Waals surface area contributed by atoms with Gasteiger partial charge < -0.3 is 14.6 Å². The lowest BCUT2D eigenvalue weighted by molar-refractivity contribution is -0.384. The summed E-state index contributed by atoms with van der Waals surface area (Å²) in [5, 5.41) is 21.8. The quantitative estimate of drug-likeness (QED) is 0.0626. The molecule has 7 nitrogen and oxygen atoms in total. The van der Waals surface area contributed by atoms with E-state index >= 15 is 0 Å². The Morgan fingerprint density at radius 3 is 2.49 bits per heavy atom. The number of halogens is 1. The summed E-state index contributed by atoms with van der Waals surface area (Å²) in [6.07, 6.45) is 8.63. The number of alkyl halides is 1. The molecular formula is C37H53FNO6PS. The Morgan fingerprint density at radius 1 is 1.15 bits per heavy atom. The zero-order valence-corrected chi connectivity index (χ0v) is 30.6. The summed E-state index contributed by atoms with van der Waals surface area (Å²) in [5.41, 5.74) is 2.55. The second-order valence-electron chi connectivity index (χ2n) is 14.5. The van der Waals surface area contributed by atoms with Gasteiger partial charge >= 0.3 is 6.16 Å². The first-order chi connectivity index (χ1) is 22.3. The van der Waals surface area contributed by atoms with Crippen LogP contribution in [-0.4, -0.2) is 46.5 Å². The average molecular weight is 690 g/mol. The topological polar surface area (TPSA) is 98.9 Å². The van der Waals surface area contributed by atoms with E-state index in [1.165, 1.54) is 54.0 Å². The van der Waals surface area contributed by atoms with Crippen LogP contribution in [0.3, 0.4) is 0 Å². The molecule has 260 valence electrons. The van der Waals surface area contributed by atoms with Crippen LogP contribution in [0.15, 0.2) is 42.5 Å². The predicted octanol–water partition coefficient (Wildman–Crippen LogP) is 10.7. The Balaban J connectivity index is 0.000000284. The van der Waals surface area contributed by atoms with Crippen molar-refractivity contribution in [2.75, 3.05) is 19.1 Å². The highest BCUT2D eigenvalue weighted by Gasteiger charge is 2.54. The van der Waals surface area contributed by atoms with Crippen LogP contribution in [0.5, 0.6) is 11.5 Å². The van der Waals surface area contributed by atoms with Crippen LogP contribution < -0.4 is 9.47 Å². The molecule has 1 N–H and O–H groups in total. The van der Waals surface area contributed by atoms with Crippen molar-refractivity contribution in [2.24, 2.45) is 23.2 Å². The number of carbonyl (C=O) groups is 1. The smallest absolute Gasteiger partial charge is 0.395 e. The van der Waals surface area contributed by atoms with Gasteiger partial charge in [-0.05, 0) is 147 Å². The first kappa shape index (κ1) is 37.6. The van der Waals surface area contributed by atoms with E-state index in [2.05, 4.69) is 51.8 Å². The molecule has 3 aliphatic rings. The summed E-state index contributed by atoms with van der Waals surface area (Å²) < 4.78 is 22.7. The molecule has 0 heterocycles. The second kappa shape index (κ2) is 16.5. The van der Waals surface area contributed by atoms with Crippen LogP contribution in [-0.2, 0) is 6.42 Å². The van der Waals surface area contributed by atoms with Crippen molar-refractivity contribution in [1.82, 2.24) is 0 Å². The average Bonchev–Trinajstić information content (AvgIpc) is 3.36. The number of nitro benzene ring substituents is 1. The summed E-state index contributed by atoms with van der Waals surface area (Å²) in [7, 11) is 0.0638. The highest BCUT2D eigenvalue weighted by Crippen LogP contribution is 2.61. The Hall–Kier alpha value is -2.22. The fourth-order valence-electron chi connectivity index (χ4n) is 7.55. The molecule has 2 saturated carbocycles. The van der Waals surface area contributed by atoms with Gasteiger partial charge in [0.2, 0.25) is 0 Å². The van der Waals surface area contributed by atoms with E-state index in [1.807, 2.05) is 19.1 Å². The highest BCUT2D eigenvalue weighted by atomic mass is 32.7. The summed E-state index contributed by atoms with van der Waals surface area (Å²) in [6, 6.07) is 11.1. The monoisotopic (exact) mass is 689 g/mol. The van der Waals surface area contributed by atoms with Crippen LogP contribution in [0, 0.1) is 33.3 Å². The molecule has 2 fully saturated rings. The second-order valence-corrected chi connectivity index (χ2v) is 19.8. The number of nitro groups is 1. The lowest BCUT2D eigenvalue weighted by Gasteiger charge is -2.50. The number of non-ortho nitro benzene ring substituents is 1. The van der Waals surface area contributed by atoms with Crippen molar-refractivity contribution in [3.05, 3.63) is 63.7 Å². The van der Waals surface area contributed by atoms with Crippen molar-refractivity contribution in [3.63, 3.8) is 0 Å². The number of ether oxygens (including phenoxy) is 2. The molecule has 0 spiro atoms. The zero-order valence-electron chi connectivity index (χ0n) is 28.9. The van der Waals surface area contributed by atoms with Gasteiger partial charge in [-0.2, -0.15) is 0 Å². The van der Waals surface area contributed by atoms with Gasteiger partial charge in [0.15, 0.2) is 0 Å². The minimum atomic E-state index is -0.874. The molecule has 7 atom stereocenters. The van der Waals surface area contributed by atoms with Crippen molar-refractivity contribution in [2.45, 2.75) is 110 Å². The van der Waals surface area contributed by atoms with Crippen LogP contribution >= 0.6 is 18.5 Å². The van der Waals surface area contributed by atoms with Gasteiger partial charge in [-0.1, -0.05) is 40.7 Å². The van der Waals surface area contributed by atoms with E-state index in [9.17, 15) is 24.4 Å². The Morgan fingerprint density at radius 2 is 1.83 bits per heavy atom. The van der Waals surface area contributed by atoms with Gasteiger partial charge in [0.25, 0.3) is 5.69 Å². The number of carbonyl (C=O) groups excluding carboxylic acids is 1. The Kier molecular flexibility index (Phi) is 13.2. The molecule has 0 aliphatic heterocycles. The molecule has 3 aliphatic carbocycles. The third-order valence-corrected chi connectivity index (χ3v) is 17.3. The van der Waals surface area contributed by atoms with Crippen molar-refractivity contribution < 1.29 is 28.7 Å². The maximum absolute atomic E-state index is 12.2. The van der Waals surface area contributed by atoms with Gasteiger partial charge in [0.1, 0.15) is 11.5 Å². The fraction of sp³-hybridized carbons (Fsp3) is 0.649. The van der Waals surface area contributed by atoms with E-state index in [-0.39, 0.29) is 42.7 Å². The molecule has 0 bridgehead atoms. The molecule has 0 amide bonds. The SMILES string of the molecule is CC12CCC3c4ccc(OC(=O)Oc5ccc([N+](=O)[O-])cc5)cc4CCC3C1CCC2O.CCC(C)(C)P(C)SCCCC(C)CF. The standard InChI is InChI=1S/C25H27NO6.C12H26FPS/c1-25-13-12-20-19-9-7-18(14-15(19)2-8-21(20)22(25)10-11-23(25)27)32-24(28)31-17-5-3-16(4-6-17)26(29)30;1-6-12(3,4)14(5)15-9-7-8-11(2)10-13/h3-7,9,14,20-23,27H,2,8,10-13H2,1H3;11H,6-10H2,1-5H3. The molecule has 10 heteroatoms. The molecule has 2 aromatic rings. The van der Waals surface area contributed by atoms with Crippen molar-refractivity contribution in [1.29, 1.82) is 0 Å². The lowest BCUT2D eigenvalue weighted by atomic mass is 9.55. The number of fused-ring (bicyclic) bond motifs is 5. The van der Waals surface area contributed by atoms with E-state index in [0.717, 1.165) is 44.9 Å². The van der Waals surface area contributed by atoms with E-state index in [4.69, 9.17) is 9.47 Å². The first-order valence-electron chi connectivity index (χ1n) is 17.2. The normalized spacial score (nSPS) is 26.0. The fourth-order valence-corrected chi connectivity index (χ4v) is 11.6. The molecule has 0 radical (unpaired) electrons. The van der Waals surface area contributed by atoms with Gasteiger partial charge in [-0.15, -0.1) is 11.4 Å². The number of nitrogens with zero attached hydrogens (tertiary/aromatic N) is 1. The molecule has 0 aromatic heterocycles. The van der Waals surface area contributed by atoms with Gasteiger partial charge in [-0.25, -0.2) is 4.79 Å². The Labute approximate surface area is 285 Å². The maximum Gasteiger partial charge on any atom is 0.519 e. The number of hydrogen-bond acceptors (Lipinski definition) is 7. The van der Waals surface area contributed by atoms with Crippen LogP contribution in [0.4, 0.5) is 14.9 Å². The summed E-state index contributed by atoms with van der Waals surface area (Å²) >= 11 is 2.10. The molecule has 5 rings (SSSR count). The summed E-state index contributed by atoms with van der Waals surface area (Å²) in [5.74, 6) is 3.78. The van der Waals surface area contributed by atoms with E-state index < -0.39 is 11.1 Å². The third-order valence-electron chi connectivity index (χ3n) is 11.2. The minimum Gasteiger partial charge on any atom is -0.395 e. The number of hydrogen-bond donors (Lipinski definition) is 1. The predicted molar refractivity (Wildman–Crippen MR) is 191 cm³/mol. The molecule has 47 heavy (non-hydrogen) atoms. The van der Waals surface area contributed by atoms with E-state index in [0.29, 0.717) is 28.7 Å². The maximum atomic E-state index is 12.2. The summed E-state index contributed by atoms with van der Waals surface area (Å²) in [4.78, 5) is 22.4. The minimum absolute atomic E-state index is 0.0589. The zero-order chi connectivity index (χ0) is 34.4. The number of aliphatic hydroxyl groups excluding tert-OH is 1. The van der Waals surface area contributed by atoms with Gasteiger partial charge in [0, 0.05) is 12.1 Å². The molecule has 2 aromatic carbocycles. The highest BCUT2D eigenvalue weighted by molar-refractivity contribution is 8.55. The van der Waals surface area contributed by atoms with Gasteiger partial charge in [-0.3, -0.25) is 14.5 Å². The number of rotatable bonds is 11. The number of aliphatic hydroxyl groups is 1. The van der Waals surface area contributed by atoms with Crippen LogP contribution in [0.1, 0.15) is 103 Å². The van der Waals surface area contributed by atoms with E-state index in [1.54, 1.807) is 0 Å². The van der Waals surface area contributed by atoms with Crippen LogP contribution in [0.2, 0.25) is 0 Å². The van der Waals surface area contributed by atoms with Gasteiger partial charge in [0.05, 0.1) is 17.7 Å². The molecular weight excluding hydrogens is 636 g/mol. The molecule has 0 saturated heterocycles. The van der Waals surface area contributed by atoms with Crippen molar-refractivity contribution in [3.8, 4) is 11.5 Å². The van der Waals surface area contributed by atoms with Crippen molar-refractivity contribution >= 4 is 30.3 Å². The summed E-state index contributed by atoms with van der Waals surface area (Å²) in [6.45, 7) is 13.5. The first-order valence-corrected chi connectivity index (χ1v) is 20.5. The molecule has 7 unspecified atom stereocenters. The largest absolute Gasteiger partial charge is 0.519 e. The lowest BCUT2D eigenvalue weighted by Crippen LogP contribution is -2.43. The van der Waals surface area contributed by atoms with Crippen LogP contribution in [0.25, 0.3) is 0 Å². The Bertz CT molecular complexity index is 1360. The number of benzene rings is 2. The third kappa shape index (κ3) is 9.27.